The van der Waals surface area contributed by atoms with E-state index in [1.807, 2.05) is 30.3 Å². The van der Waals surface area contributed by atoms with Gasteiger partial charge in [-0.2, -0.15) is 0 Å². The van der Waals surface area contributed by atoms with E-state index in [1.165, 1.54) is 6.07 Å². The molecule has 0 fully saturated rings. The molecule has 2 aromatic carbocycles. The molecule has 0 saturated carbocycles. The van der Waals surface area contributed by atoms with Crippen LogP contribution < -0.4 is 10.6 Å². The van der Waals surface area contributed by atoms with Gasteiger partial charge in [-0.15, -0.1) is 0 Å². The van der Waals surface area contributed by atoms with Crippen molar-refractivity contribution < 1.29 is 9.18 Å². The van der Waals surface area contributed by atoms with Crippen LogP contribution in [0.5, 0.6) is 0 Å². The lowest BCUT2D eigenvalue weighted by Gasteiger charge is -2.09. The molecule has 0 aliphatic rings. The van der Waals surface area contributed by atoms with Crippen molar-refractivity contribution in [1.82, 2.24) is 10.3 Å². The molecule has 1 aromatic heterocycles. The minimum absolute atomic E-state index is 0.182. The Balaban J connectivity index is 1.58. The minimum atomic E-state index is -0.214. The zero-order chi connectivity index (χ0) is 17.5. The molecule has 25 heavy (non-hydrogen) atoms. The van der Waals surface area contributed by atoms with Crippen molar-refractivity contribution in [2.45, 2.75) is 13.1 Å². The molecule has 0 aliphatic heterocycles. The number of hydrogen-bond donors (Lipinski definition) is 2. The molecule has 0 spiro atoms. The fourth-order valence-electron chi connectivity index (χ4n) is 2.45. The Hall–Kier alpha value is -3.05. The van der Waals surface area contributed by atoms with Gasteiger partial charge < -0.3 is 10.6 Å². The van der Waals surface area contributed by atoms with Crippen LogP contribution in [-0.2, 0) is 13.1 Å². The first-order valence-electron chi connectivity index (χ1n) is 7.97. The van der Waals surface area contributed by atoms with E-state index < -0.39 is 0 Å². The molecule has 3 rings (SSSR count). The average molecular weight is 335 g/mol. The summed E-state index contributed by atoms with van der Waals surface area (Å²) in [5.74, 6) is -0.396. The van der Waals surface area contributed by atoms with Gasteiger partial charge in [0.2, 0.25) is 0 Å². The Morgan fingerprint density at radius 3 is 2.56 bits per heavy atom. The van der Waals surface area contributed by atoms with Gasteiger partial charge in [0.25, 0.3) is 5.91 Å². The first kappa shape index (κ1) is 16.8. The van der Waals surface area contributed by atoms with Crippen molar-refractivity contribution >= 4 is 11.6 Å². The molecule has 2 N–H and O–H groups in total. The standard InChI is InChI=1S/C20H18FN3O/c21-19-7-2-1-5-17(19)14-23-13-15-4-3-6-18(12-15)24-20(25)16-8-10-22-11-9-16/h1-12,23H,13-14H2,(H,24,25). The van der Waals surface area contributed by atoms with Crippen LogP contribution in [0.3, 0.4) is 0 Å². The third-order valence-electron chi connectivity index (χ3n) is 3.73. The summed E-state index contributed by atoms with van der Waals surface area (Å²) < 4.78 is 13.6. The van der Waals surface area contributed by atoms with E-state index in [4.69, 9.17) is 0 Å². The second kappa shape index (κ2) is 8.17. The Labute approximate surface area is 145 Å². The Bertz CT molecular complexity index is 852. The Kier molecular flexibility index (Phi) is 5.49. The molecule has 0 radical (unpaired) electrons. The summed E-state index contributed by atoms with van der Waals surface area (Å²) in [5, 5.41) is 6.07. The third-order valence-corrected chi connectivity index (χ3v) is 3.73. The predicted molar refractivity (Wildman–Crippen MR) is 95.6 cm³/mol. The molecule has 126 valence electrons. The van der Waals surface area contributed by atoms with Crippen LogP contribution in [0, 0.1) is 5.82 Å². The van der Waals surface area contributed by atoms with Crippen LogP contribution in [0.25, 0.3) is 0 Å². The van der Waals surface area contributed by atoms with E-state index in [0.717, 1.165) is 5.56 Å². The molecular formula is C20H18FN3O. The number of aromatic nitrogens is 1. The molecule has 4 nitrogen and oxygen atoms in total. The number of amides is 1. The Morgan fingerprint density at radius 2 is 1.76 bits per heavy atom. The number of nitrogens with one attached hydrogen (secondary N) is 2. The van der Waals surface area contributed by atoms with Gasteiger partial charge in [-0.1, -0.05) is 30.3 Å². The SMILES string of the molecule is O=C(Nc1cccc(CNCc2ccccc2F)c1)c1ccncc1. The molecule has 0 atom stereocenters. The summed E-state index contributed by atoms with van der Waals surface area (Å²) in [4.78, 5) is 16.1. The maximum Gasteiger partial charge on any atom is 0.255 e. The van der Waals surface area contributed by atoms with Crippen molar-refractivity contribution in [3.8, 4) is 0 Å². The highest BCUT2D eigenvalue weighted by atomic mass is 19.1. The van der Waals surface area contributed by atoms with Gasteiger partial charge in [0, 0.05) is 42.3 Å². The second-order valence-electron chi connectivity index (χ2n) is 5.59. The van der Waals surface area contributed by atoms with Crippen molar-refractivity contribution in [1.29, 1.82) is 0 Å². The molecule has 3 aromatic rings. The number of rotatable bonds is 6. The number of nitrogens with zero attached hydrogens (tertiary/aromatic N) is 1. The summed E-state index contributed by atoms with van der Waals surface area (Å²) >= 11 is 0. The maximum absolute atomic E-state index is 13.6. The zero-order valence-corrected chi connectivity index (χ0v) is 13.6. The number of anilines is 1. The molecule has 0 bridgehead atoms. The number of benzene rings is 2. The number of carbonyl (C=O) groups is 1. The van der Waals surface area contributed by atoms with Crippen molar-refractivity contribution in [3.05, 3.63) is 95.6 Å². The quantitative estimate of drug-likeness (QED) is 0.721. The highest BCUT2D eigenvalue weighted by Gasteiger charge is 2.06. The summed E-state index contributed by atoms with van der Waals surface area (Å²) in [7, 11) is 0. The number of hydrogen-bond acceptors (Lipinski definition) is 3. The molecule has 0 unspecified atom stereocenters. The highest BCUT2D eigenvalue weighted by Crippen LogP contribution is 2.13. The lowest BCUT2D eigenvalue weighted by molar-refractivity contribution is 0.102. The van der Waals surface area contributed by atoms with Crippen LogP contribution in [0.1, 0.15) is 21.5 Å². The Morgan fingerprint density at radius 1 is 0.960 bits per heavy atom. The average Bonchev–Trinajstić information content (AvgIpc) is 2.64. The minimum Gasteiger partial charge on any atom is -0.322 e. The third kappa shape index (κ3) is 4.71. The fraction of sp³-hybridized carbons (Fsp3) is 0.100. The number of carbonyl (C=O) groups excluding carboxylic acids is 1. The molecular weight excluding hydrogens is 317 g/mol. The maximum atomic E-state index is 13.6. The van der Waals surface area contributed by atoms with Gasteiger partial charge in [-0.05, 0) is 35.9 Å². The number of pyridine rings is 1. The van der Waals surface area contributed by atoms with Crippen molar-refractivity contribution in [2.24, 2.45) is 0 Å². The zero-order valence-electron chi connectivity index (χ0n) is 13.6. The summed E-state index contributed by atoms with van der Waals surface area (Å²) in [5.41, 5.74) is 2.90. The molecule has 1 heterocycles. The van der Waals surface area contributed by atoms with Crippen LogP contribution in [-0.4, -0.2) is 10.9 Å². The van der Waals surface area contributed by atoms with Crippen molar-refractivity contribution in [3.63, 3.8) is 0 Å². The van der Waals surface area contributed by atoms with E-state index >= 15 is 0 Å². The van der Waals surface area contributed by atoms with Gasteiger partial charge in [0.1, 0.15) is 5.82 Å². The highest BCUT2D eigenvalue weighted by molar-refractivity contribution is 6.04. The molecule has 5 heteroatoms. The fourth-order valence-corrected chi connectivity index (χ4v) is 2.45. The summed E-state index contributed by atoms with van der Waals surface area (Å²) in [6.45, 7) is 1.02. The number of halogens is 1. The van der Waals surface area contributed by atoms with Gasteiger partial charge in [0.15, 0.2) is 0 Å². The van der Waals surface area contributed by atoms with Gasteiger partial charge >= 0.3 is 0 Å². The normalized spacial score (nSPS) is 10.4. The first-order valence-corrected chi connectivity index (χ1v) is 7.97. The van der Waals surface area contributed by atoms with Gasteiger partial charge in [-0.3, -0.25) is 9.78 Å². The van der Waals surface area contributed by atoms with Gasteiger partial charge in [0.05, 0.1) is 0 Å². The second-order valence-corrected chi connectivity index (χ2v) is 5.59. The van der Waals surface area contributed by atoms with Gasteiger partial charge in [-0.25, -0.2) is 4.39 Å². The first-order chi connectivity index (χ1) is 12.2. The van der Waals surface area contributed by atoms with Crippen LogP contribution >= 0.6 is 0 Å². The lowest BCUT2D eigenvalue weighted by Crippen LogP contribution is -2.15. The van der Waals surface area contributed by atoms with E-state index in [0.29, 0.717) is 29.9 Å². The lowest BCUT2D eigenvalue weighted by atomic mass is 10.1. The molecule has 1 amide bonds. The van der Waals surface area contributed by atoms with E-state index in [1.54, 1.807) is 36.7 Å². The van der Waals surface area contributed by atoms with Crippen LogP contribution in [0.4, 0.5) is 10.1 Å². The largest absolute Gasteiger partial charge is 0.322 e. The molecule has 0 saturated heterocycles. The summed E-state index contributed by atoms with van der Waals surface area (Å²) in [6.07, 6.45) is 3.16. The van der Waals surface area contributed by atoms with Crippen LogP contribution in [0.2, 0.25) is 0 Å². The summed E-state index contributed by atoms with van der Waals surface area (Å²) in [6, 6.07) is 17.6. The topological polar surface area (TPSA) is 54.0 Å². The van der Waals surface area contributed by atoms with E-state index in [2.05, 4.69) is 15.6 Å². The monoisotopic (exact) mass is 335 g/mol. The van der Waals surface area contributed by atoms with E-state index in [-0.39, 0.29) is 11.7 Å². The van der Waals surface area contributed by atoms with E-state index in [9.17, 15) is 9.18 Å². The predicted octanol–water partition coefficient (Wildman–Crippen LogP) is 3.76. The van der Waals surface area contributed by atoms with Crippen LogP contribution in [0.15, 0.2) is 73.1 Å². The smallest absolute Gasteiger partial charge is 0.255 e. The van der Waals surface area contributed by atoms with Crippen molar-refractivity contribution in [2.75, 3.05) is 5.32 Å². The molecule has 0 aliphatic carbocycles.